The topological polar surface area (TPSA) is 53.4 Å². The minimum atomic E-state index is -0.0384. The summed E-state index contributed by atoms with van der Waals surface area (Å²) in [6.07, 6.45) is 3.46. The molecule has 2 rings (SSSR count). The van der Waals surface area contributed by atoms with Crippen molar-refractivity contribution in [2.45, 2.75) is 25.3 Å². The molecule has 0 spiro atoms. The van der Waals surface area contributed by atoms with Crippen molar-refractivity contribution in [3.05, 3.63) is 26.8 Å². The predicted molar refractivity (Wildman–Crippen MR) is 70.9 cm³/mol. The van der Waals surface area contributed by atoms with E-state index in [0.717, 1.165) is 31.7 Å². The second-order valence-electron chi connectivity index (χ2n) is 4.32. The van der Waals surface area contributed by atoms with Gasteiger partial charge in [-0.3, -0.25) is 9.36 Å². The van der Waals surface area contributed by atoms with Crippen molar-refractivity contribution in [1.29, 1.82) is 0 Å². The van der Waals surface area contributed by atoms with Gasteiger partial charge in [0.25, 0.3) is 5.56 Å². The molecule has 18 heavy (non-hydrogen) atoms. The van der Waals surface area contributed by atoms with Crippen molar-refractivity contribution in [3.8, 4) is 0 Å². The quantitative estimate of drug-likeness (QED) is 0.845. The van der Waals surface area contributed by atoms with Crippen LogP contribution in [0.3, 0.4) is 0 Å². The van der Waals surface area contributed by atoms with Crippen LogP contribution in [0.1, 0.15) is 24.5 Å². The number of hydrogen-bond acceptors (Lipinski definition) is 4. The molecule has 0 unspecified atom stereocenters. The molecule has 6 heteroatoms. The molecule has 1 aromatic heterocycles. The lowest BCUT2D eigenvalue weighted by atomic mass is 9.96. The van der Waals surface area contributed by atoms with Gasteiger partial charge in [0.1, 0.15) is 4.47 Å². The van der Waals surface area contributed by atoms with Gasteiger partial charge in [0, 0.05) is 26.2 Å². The summed E-state index contributed by atoms with van der Waals surface area (Å²) in [6.45, 7) is 2.51. The Kier molecular flexibility index (Phi) is 4.91. The molecule has 0 saturated carbocycles. The van der Waals surface area contributed by atoms with E-state index in [1.807, 2.05) is 0 Å². The minimum absolute atomic E-state index is 0.0384. The van der Waals surface area contributed by atoms with Gasteiger partial charge in [0.05, 0.1) is 25.2 Å². The Morgan fingerprint density at radius 3 is 2.94 bits per heavy atom. The van der Waals surface area contributed by atoms with Gasteiger partial charge in [-0.25, -0.2) is 4.98 Å². The molecule has 0 aliphatic carbocycles. The largest absolute Gasteiger partial charge is 0.383 e. The van der Waals surface area contributed by atoms with Gasteiger partial charge < -0.3 is 9.47 Å². The SMILES string of the molecule is COCCn1cnc(C2CCOCC2)c(Br)c1=O. The smallest absolute Gasteiger partial charge is 0.267 e. The van der Waals surface area contributed by atoms with Crippen LogP contribution in [0.4, 0.5) is 0 Å². The van der Waals surface area contributed by atoms with Crippen molar-refractivity contribution >= 4 is 15.9 Å². The lowest BCUT2D eigenvalue weighted by Gasteiger charge is -2.22. The van der Waals surface area contributed by atoms with E-state index in [2.05, 4.69) is 20.9 Å². The van der Waals surface area contributed by atoms with Crippen molar-refractivity contribution in [2.24, 2.45) is 0 Å². The zero-order chi connectivity index (χ0) is 13.0. The highest BCUT2D eigenvalue weighted by Gasteiger charge is 2.21. The first-order valence-electron chi connectivity index (χ1n) is 6.05. The molecule has 0 aromatic carbocycles. The molecule has 1 aliphatic heterocycles. The van der Waals surface area contributed by atoms with Crippen molar-refractivity contribution in [3.63, 3.8) is 0 Å². The number of rotatable bonds is 4. The van der Waals surface area contributed by atoms with Crippen LogP contribution in [0.25, 0.3) is 0 Å². The molecule has 5 nitrogen and oxygen atoms in total. The molecule has 0 bridgehead atoms. The van der Waals surface area contributed by atoms with E-state index < -0.39 is 0 Å². The monoisotopic (exact) mass is 316 g/mol. The molecule has 1 fully saturated rings. The summed E-state index contributed by atoms with van der Waals surface area (Å²) in [4.78, 5) is 16.5. The molecule has 0 N–H and O–H groups in total. The predicted octanol–water partition coefficient (Wildman–Crippen LogP) is 1.55. The van der Waals surface area contributed by atoms with Crippen molar-refractivity contribution in [1.82, 2.24) is 9.55 Å². The Labute approximate surface area is 114 Å². The minimum Gasteiger partial charge on any atom is -0.383 e. The summed E-state index contributed by atoms with van der Waals surface area (Å²) in [7, 11) is 1.61. The Hall–Kier alpha value is -0.720. The Bertz CT molecular complexity index is 455. The van der Waals surface area contributed by atoms with Crippen molar-refractivity contribution in [2.75, 3.05) is 26.9 Å². The van der Waals surface area contributed by atoms with Gasteiger partial charge in [0.2, 0.25) is 0 Å². The van der Waals surface area contributed by atoms with E-state index in [1.54, 1.807) is 18.0 Å². The first kappa shape index (κ1) is 13.7. The van der Waals surface area contributed by atoms with Gasteiger partial charge >= 0.3 is 0 Å². The maximum atomic E-state index is 12.1. The number of methoxy groups -OCH3 is 1. The third-order valence-electron chi connectivity index (χ3n) is 3.15. The molecule has 1 aromatic rings. The fourth-order valence-corrected chi connectivity index (χ4v) is 2.74. The molecule has 0 radical (unpaired) electrons. The van der Waals surface area contributed by atoms with E-state index in [-0.39, 0.29) is 5.56 Å². The summed E-state index contributed by atoms with van der Waals surface area (Å²) >= 11 is 3.38. The average molecular weight is 317 g/mol. The Morgan fingerprint density at radius 2 is 2.28 bits per heavy atom. The van der Waals surface area contributed by atoms with Gasteiger partial charge in [-0.05, 0) is 28.8 Å². The first-order valence-corrected chi connectivity index (χ1v) is 6.85. The van der Waals surface area contributed by atoms with Crippen molar-refractivity contribution < 1.29 is 9.47 Å². The molecular weight excluding hydrogens is 300 g/mol. The van der Waals surface area contributed by atoms with Crippen LogP contribution in [-0.4, -0.2) is 36.5 Å². The highest BCUT2D eigenvalue weighted by atomic mass is 79.9. The van der Waals surface area contributed by atoms with Gasteiger partial charge in [-0.2, -0.15) is 0 Å². The van der Waals surface area contributed by atoms with E-state index in [9.17, 15) is 4.79 Å². The standard InChI is InChI=1S/C12H17BrN2O3/c1-17-7-4-15-8-14-11(10(13)12(15)16)9-2-5-18-6-3-9/h8-9H,2-7H2,1H3. The second kappa shape index (κ2) is 6.45. The molecule has 1 saturated heterocycles. The summed E-state index contributed by atoms with van der Waals surface area (Å²) < 4.78 is 12.4. The number of ether oxygens (including phenoxy) is 2. The van der Waals surface area contributed by atoms with Gasteiger partial charge in [-0.1, -0.05) is 0 Å². The van der Waals surface area contributed by atoms with E-state index in [4.69, 9.17) is 9.47 Å². The maximum Gasteiger partial charge on any atom is 0.267 e. The number of aromatic nitrogens is 2. The fourth-order valence-electron chi connectivity index (χ4n) is 2.08. The number of halogens is 1. The number of nitrogens with zero attached hydrogens (tertiary/aromatic N) is 2. The highest BCUT2D eigenvalue weighted by molar-refractivity contribution is 9.10. The Morgan fingerprint density at radius 1 is 1.56 bits per heavy atom. The van der Waals surface area contributed by atoms with E-state index >= 15 is 0 Å². The van der Waals surface area contributed by atoms with Gasteiger partial charge in [-0.15, -0.1) is 0 Å². The van der Waals surface area contributed by atoms with Crippen LogP contribution in [0.2, 0.25) is 0 Å². The lowest BCUT2D eigenvalue weighted by molar-refractivity contribution is 0.0842. The molecule has 0 atom stereocenters. The maximum absolute atomic E-state index is 12.1. The third-order valence-corrected chi connectivity index (χ3v) is 3.90. The summed E-state index contributed by atoms with van der Waals surface area (Å²) in [5, 5.41) is 0. The zero-order valence-corrected chi connectivity index (χ0v) is 12.0. The molecular formula is C12H17BrN2O3. The van der Waals surface area contributed by atoms with E-state index in [0.29, 0.717) is 23.5 Å². The highest BCUT2D eigenvalue weighted by Crippen LogP contribution is 2.28. The molecule has 1 aliphatic rings. The lowest BCUT2D eigenvalue weighted by Crippen LogP contribution is -2.26. The van der Waals surface area contributed by atoms with Crippen LogP contribution in [-0.2, 0) is 16.0 Å². The summed E-state index contributed by atoms with van der Waals surface area (Å²) in [5.41, 5.74) is 0.820. The summed E-state index contributed by atoms with van der Waals surface area (Å²) in [5.74, 6) is 0.318. The average Bonchev–Trinajstić information content (AvgIpc) is 2.41. The van der Waals surface area contributed by atoms with Gasteiger partial charge in [0.15, 0.2) is 0 Å². The van der Waals surface area contributed by atoms with Crippen LogP contribution < -0.4 is 5.56 Å². The molecule has 2 heterocycles. The second-order valence-corrected chi connectivity index (χ2v) is 5.11. The first-order chi connectivity index (χ1) is 8.74. The summed E-state index contributed by atoms with van der Waals surface area (Å²) in [6, 6.07) is 0. The third kappa shape index (κ3) is 2.99. The van der Waals surface area contributed by atoms with Crippen LogP contribution in [0.15, 0.2) is 15.6 Å². The van der Waals surface area contributed by atoms with Crippen LogP contribution in [0, 0.1) is 0 Å². The van der Waals surface area contributed by atoms with E-state index in [1.165, 1.54) is 0 Å². The number of hydrogen-bond donors (Lipinski definition) is 0. The normalized spacial score (nSPS) is 17.0. The molecule has 0 amide bonds. The Balaban J connectivity index is 2.22. The fraction of sp³-hybridized carbons (Fsp3) is 0.667. The zero-order valence-electron chi connectivity index (χ0n) is 10.4. The van der Waals surface area contributed by atoms with Crippen LogP contribution in [0.5, 0.6) is 0 Å². The van der Waals surface area contributed by atoms with Crippen LogP contribution >= 0.6 is 15.9 Å². The molecule has 100 valence electrons.